The number of rotatable bonds is 2. The Hall–Kier alpha value is -2.07. The third kappa shape index (κ3) is 2.12. The van der Waals surface area contributed by atoms with E-state index in [4.69, 9.17) is 11.6 Å². The van der Waals surface area contributed by atoms with Gasteiger partial charge in [-0.05, 0) is 22.9 Å². The first-order valence-electron chi connectivity index (χ1n) is 6.27. The quantitative estimate of drug-likeness (QED) is 0.865. The maximum absolute atomic E-state index is 11.9. The number of carbonyl (C=O) groups is 2. The topological polar surface area (TPSA) is 57.6 Å². The van der Waals surface area contributed by atoms with Gasteiger partial charge in [-0.3, -0.25) is 4.79 Å². The molecule has 1 N–H and O–H groups in total. The molecule has 4 nitrogen and oxygen atoms in total. The number of carboxylic acid groups (broad SMARTS) is 1. The molecule has 1 atom stereocenters. The van der Waals surface area contributed by atoms with Gasteiger partial charge in [-0.1, -0.05) is 24.3 Å². The van der Waals surface area contributed by atoms with Crippen molar-refractivity contribution in [2.75, 3.05) is 11.4 Å². The lowest BCUT2D eigenvalue weighted by Gasteiger charge is -2.19. The minimum atomic E-state index is -1.04. The van der Waals surface area contributed by atoms with Crippen molar-refractivity contribution in [3.8, 4) is 0 Å². The predicted octanol–water partition coefficient (Wildman–Crippen LogP) is 2.88. The maximum atomic E-state index is 11.9. The number of anilines is 1. The summed E-state index contributed by atoms with van der Waals surface area (Å²) < 4.78 is 0. The molecule has 1 saturated heterocycles. The number of fused-ring (bicyclic) bond motifs is 1. The molecule has 1 heterocycles. The highest BCUT2D eigenvalue weighted by molar-refractivity contribution is 6.24. The van der Waals surface area contributed by atoms with Gasteiger partial charge in [-0.15, -0.1) is 11.6 Å². The third-order valence-corrected chi connectivity index (χ3v) is 3.76. The minimum absolute atomic E-state index is 0.128. The van der Waals surface area contributed by atoms with Crippen molar-refractivity contribution in [2.45, 2.75) is 11.8 Å². The van der Waals surface area contributed by atoms with Crippen LogP contribution < -0.4 is 4.90 Å². The number of benzene rings is 2. The fourth-order valence-electron chi connectivity index (χ4n) is 2.52. The second-order valence-corrected chi connectivity index (χ2v) is 5.44. The lowest BCUT2D eigenvalue weighted by molar-refractivity contribution is -0.117. The summed E-state index contributed by atoms with van der Waals surface area (Å²) in [6, 6.07) is 10.8. The fourth-order valence-corrected chi connectivity index (χ4v) is 2.79. The molecule has 1 unspecified atom stereocenters. The van der Waals surface area contributed by atoms with E-state index in [1.165, 1.54) is 4.90 Å². The molecule has 0 bridgehead atoms. The molecule has 1 amide bonds. The van der Waals surface area contributed by atoms with Crippen LogP contribution in [0.5, 0.6) is 0 Å². The standard InChI is InChI=1S/C15H12ClNO3/c16-11-7-14(18)17(8-11)13-6-10-4-2-1-3-9(10)5-12(13)15(19)20/h1-6,11H,7-8H2,(H,19,20). The summed E-state index contributed by atoms with van der Waals surface area (Å²) in [7, 11) is 0. The average Bonchev–Trinajstić information content (AvgIpc) is 2.76. The van der Waals surface area contributed by atoms with E-state index >= 15 is 0 Å². The highest BCUT2D eigenvalue weighted by Gasteiger charge is 2.31. The summed E-state index contributed by atoms with van der Waals surface area (Å²) >= 11 is 5.99. The van der Waals surface area contributed by atoms with Crippen LogP contribution in [0.4, 0.5) is 5.69 Å². The van der Waals surface area contributed by atoms with Crippen LogP contribution in [0.2, 0.25) is 0 Å². The van der Waals surface area contributed by atoms with Gasteiger partial charge in [0.25, 0.3) is 0 Å². The van der Waals surface area contributed by atoms with Crippen molar-refractivity contribution in [3.05, 3.63) is 42.0 Å². The normalized spacial score (nSPS) is 18.8. The van der Waals surface area contributed by atoms with Gasteiger partial charge in [0.15, 0.2) is 0 Å². The molecule has 20 heavy (non-hydrogen) atoms. The van der Waals surface area contributed by atoms with Crippen molar-refractivity contribution < 1.29 is 14.7 Å². The molecule has 1 aliphatic heterocycles. The maximum Gasteiger partial charge on any atom is 0.337 e. The molecule has 0 saturated carbocycles. The van der Waals surface area contributed by atoms with Crippen LogP contribution in [0, 0.1) is 0 Å². The molecule has 2 aromatic carbocycles. The highest BCUT2D eigenvalue weighted by atomic mass is 35.5. The van der Waals surface area contributed by atoms with E-state index in [2.05, 4.69) is 0 Å². The summed E-state index contributed by atoms with van der Waals surface area (Å²) in [6.45, 7) is 0.346. The van der Waals surface area contributed by atoms with E-state index in [0.29, 0.717) is 12.2 Å². The Balaban J connectivity index is 2.20. The van der Waals surface area contributed by atoms with Gasteiger partial charge in [0.05, 0.1) is 16.6 Å². The molecule has 0 aliphatic carbocycles. The van der Waals surface area contributed by atoms with E-state index in [1.807, 2.05) is 24.3 Å². The molecular formula is C15H12ClNO3. The van der Waals surface area contributed by atoms with Crippen LogP contribution >= 0.6 is 11.6 Å². The van der Waals surface area contributed by atoms with E-state index in [0.717, 1.165) is 10.8 Å². The average molecular weight is 290 g/mol. The monoisotopic (exact) mass is 289 g/mol. The Bertz CT molecular complexity index is 713. The summed E-state index contributed by atoms with van der Waals surface area (Å²) in [6.07, 6.45) is 0.243. The molecule has 5 heteroatoms. The number of aromatic carboxylic acids is 1. The second kappa shape index (κ2) is 4.80. The number of amides is 1. The van der Waals surface area contributed by atoms with Gasteiger partial charge in [-0.2, -0.15) is 0 Å². The third-order valence-electron chi connectivity index (χ3n) is 3.46. The molecule has 1 aliphatic rings. The Morgan fingerprint density at radius 3 is 2.45 bits per heavy atom. The van der Waals surface area contributed by atoms with Gasteiger partial charge in [0.2, 0.25) is 5.91 Å². The molecule has 102 valence electrons. The van der Waals surface area contributed by atoms with E-state index in [-0.39, 0.29) is 23.3 Å². The molecule has 0 aromatic heterocycles. The number of carbonyl (C=O) groups excluding carboxylic acids is 1. The summed E-state index contributed by atoms with van der Waals surface area (Å²) in [4.78, 5) is 24.8. The fraction of sp³-hybridized carbons (Fsp3) is 0.200. The largest absolute Gasteiger partial charge is 0.478 e. The summed E-state index contributed by atoms with van der Waals surface area (Å²) in [5.74, 6) is -1.18. The van der Waals surface area contributed by atoms with Crippen molar-refractivity contribution in [1.82, 2.24) is 0 Å². The predicted molar refractivity (Wildman–Crippen MR) is 77.5 cm³/mol. The van der Waals surface area contributed by atoms with Crippen LogP contribution in [0.1, 0.15) is 16.8 Å². The summed E-state index contributed by atoms with van der Waals surface area (Å²) in [5.41, 5.74) is 0.548. The molecule has 3 rings (SSSR count). The molecule has 0 radical (unpaired) electrons. The Morgan fingerprint density at radius 2 is 1.90 bits per heavy atom. The number of nitrogens with zero attached hydrogens (tertiary/aromatic N) is 1. The number of hydrogen-bond acceptors (Lipinski definition) is 2. The molecule has 1 fully saturated rings. The lowest BCUT2D eigenvalue weighted by atomic mass is 10.0. The van der Waals surface area contributed by atoms with Crippen LogP contribution in [-0.2, 0) is 4.79 Å². The van der Waals surface area contributed by atoms with Crippen LogP contribution in [0.3, 0.4) is 0 Å². The number of alkyl halides is 1. The van der Waals surface area contributed by atoms with Crippen molar-refractivity contribution in [1.29, 1.82) is 0 Å². The Labute approximate surface area is 120 Å². The number of hydrogen-bond donors (Lipinski definition) is 1. The first-order chi connectivity index (χ1) is 9.56. The number of halogens is 1. The van der Waals surface area contributed by atoms with Crippen LogP contribution in [-0.4, -0.2) is 28.9 Å². The lowest BCUT2D eigenvalue weighted by Crippen LogP contribution is -2.26. The Morgan fingerprint density at radius 1 is 1.25 bits per heavy atom. The van der Waals surface area contributed by atoms with E-state index in [9.17, 15) is 14.7 Å². The Kier molecular flexibility index (Phi) is 3.10. The van der Waals surface area contributed by atoms with Crippen molar-refractivity contribution in [3.63, 3.8) is 0 Å². The highest BCUT2D eigenvalue weighted by Crippen LogP contribution is 2.31. The van der Waals surface area contributed by atoms with Crippen LogP contribution in [0.15, 0.2) is 36.4 Å². The zero-order valence-electron chi connectivity index (χ0n) is 10.5. The van der Waals surface area contributed by atoms with Gasteiger partial charge >= 0.3 is 5.97 Å². The van der Waals surface area contributed by atoms with Gasteiger partial charge < -0.3 is 10.0 Å². The minimum Gasteiger partial charge on any atom is -0.478 e. The zero-order chi connectivity index (χ0) is 14.3. The number of carboxylic acids is 1. The van der Waals surface area contributed by atoms with Crippen molar-refractivity contribution in [2.24, 2.45) is 0 Å². The molecular weight excluding hydrogens is 278 g/mol. The summed E-state index contributed by atoms with van der Waals surface area (Å²) in [5, 5.41) is 10.8. The second-order valence-electron chi connectivity index (χ2n) is 4.83. The van der Waals surface area contributed by atoms with Gasteiger partial charge in [-0.25, -0.2) is 4.79 Å². The first-order valence-corrected chi connectivity index (χ1v) is 6.70. The molecule has 2 aromatic rings. The van der Waals surface area contributed by atoms with Gasteiger partial charge in [0, 0.05) is 13.0 Å². The van der Waals surface area contributed by atoms with E-state index in [1.54, 1.807) is 12.1 Å². The first kappa shape index (κ1) is 12.9. The SMILES string of the molecule is O=C(O)c1cc2ccccc2cc1N1CC(Cl)CC1=O. The van der Waals surface area contributed by atoms with Crippen molar-refractivity contribution >= 4 is 39.9 Å². The smallest absolute Gasteiger partial charge is 0.337 e. The van der Waals surface area contributed by atoms with Gasteiger partial charge in [0.1, 0.15) is 0 Å². The molecule has 0 spiro atoms. The van der Waals surface area contributed by atoms with E-state index < -0.39 is 5.97 Å². The zero-order valence-corrected chi connectivity index (χ0v) is 11.3. The van der Waals surface area contributed by atoms with Crippen LogP contribution in [0.25, 0.3) is 10.8 Å².